The molecule has 1 aromatic carbocycles. The number of likely N-dealkylation sites (N-methyl/N-ethyl adjacent to an activating group) is 1. The van der Waals surface area contributed by atoms with Crippen molar-refractivity contribution in [2.45, 2.75) is 31.9 Å². The van der Waals surface area contributed by atoms with Crippen LogP contribution in [-0.2, 0) is 22.2 Å². The van der Waals surface area contributed by atoms with Crippen molar-refractivity contribution in [2.75, 3.05) is 34.2 Å². The van der Waals surface area contributed by atoms with Crippen LogP contribution in [0.5, 0.6) is 0 Å². The maximum atomic E-state index is 12.5. The predicted molar refractivity (Wildman–Crippen MR) is 101 cm³/mol. The average Bonchev–Trinajstić information content (AvgIpc) is 2.92. The van der Waals surface area contributed by atoms with E-state index in [9.17, 15) is 8.42 Å². The van der Waals surface area contributed by atoms with Gasteiger partial charge in [0.2, 0.25) is 10.0 Å². The van der Waals surface area contributed by atoms with Gasteiger partial charge in [-0.3, -0.25) is 0 Å². The molecule has 0 radical (unpaired) electrons. The summed E-state index contributed by atoms with van der Waals surface area (Å²) in [6.07, 6.45) is 4.85. The number of nitrogens with zero attached hydrogens (tertiary/aromatic N) is 2. The number of fused-ring (bicyclic) bond motifs is 1. The number of H-pyrrole nitrogens is 1. The van der Waals surface area contributed by atoms with Gasteiger partial charge < -0.3 is 9.88 Å². The first-order valence-corrected chi connectivity index (χ1v) is 10.1. The average molecular weight is 352 g/mol. The molecule has 0 bridgehead atoms. The number of rotatable bonds is 9. The van der Waals surface area contributed by atoms with Gasteiger partial charge in [0.15, 0.2) is 0 Å². The van der Waals surface area contributed by atoms with Crippen LogP contribution in [-0.4, -0.2) is 56.8 Å². The fraction of sp³-hybridized carbons (Fsp3) is 0.556. The van der Waals surface area contributed by atoms with Crippen molar-refractivity contribution in [1.29, 1.82) is 0 Å². The maximum Gasteiger partial charge on any atom is 0.218 e. The summed E-state index contributed by atoms with van der Waals surface area (Å²) >= 11 is 0. The minimum atomic E-state index is -3.26. The van der Waals surface area contributed by atoms with E-state index in [4.69, 9.17) is 0 Å². The molecule has 1 heterocycles. The van der Waals surface area contributed by atoms with Gasteiger partial charge in [-0.25, -0.2) is 12.7 Å². The Morgan fingerprint density at radius 1 is 1.12 bits per heavy atom. The molecule has 5 nitrogen and oxygen atoms in total. The molecule has 1 N–H and O–H groups in total. The van der Waals surface area contributed by atoms with Gasteiger partial charge >= 0.3 is 0 Å². The number of nitrogens with one attached hydrogen (secondary N) is 1. The van der Waals surface area contributed by atoms with Gasteiger partial charge in [0, 0.05) is 37.2 Å². The van der Waals surface area contributed by atoms with E-state index >= 15 is 0 Å². The third kappa shape index (κ3) is 4.82. The molecule has 0 atom stereocenters. The first-order valence-electron chi connectivity index (χ1n) is 8.51. The van der Waals surface area contributed by atoms with Crippen LogP contribution in [0.4, 0.5) is 0 Å². The SMILES string of the molecule is CCCCN(C)S(=O)(=O)Cc1ccc2[nH]cc(CCN(C)C)c2c1. The molecule has 2 aromatic rings. The number of aromatic nitrogens is 1. The fourth-order valence-corrected chi connectivity index (χ4v) is 3.94. The van der Waals surface area contributed by atoms with Crippen LogP contribution in [0.2, 0.25) is 0 Å². The second-order valence-corrected chi connectivity index (χ2v) is 8.75. The van der Waals surface area contributed by atoms with E-state index in [0.29, 0.717) is 6.54 Å². The highest BCUT2D eigenvalue weighted by molar-refractivity contribution is 7.88. The molecular formula is C18H29N3O2S. The van der Waals surface area contributed by atoms with Crippen molar-refractivity contribution in [1.82, 2.24) is 14.2 Å². The topological polar surface area (TPSA) is 56.4 Å². The van der Waals surface area contributed by atoms with Gasteiger partial charge in [-0.2, -0.15) is 0 Å². The normalized spacial score (nSPS) is 12.6. The maximum absolute atomic E-state index is 12.5. The first kappa shape index (κ1) is 19.0. The van der Waals surface area contributed by atoms with Gasteiger partial charge in [-0.15, -0.1) is 0 Å². The summed E-state index contributed by atoms with van der Waals surface area (Å²) < 4.78 is 26.5. The molecule has 0 fully saturated rings. The lowest BCUT2D eigenvalue weighted by molar-refractivity contribution is 0.414. The van der Waals surface area contributed by atoms with Crippen LogP contribution in [0.15, 0.2) is 24.4 Å². The molecule has 1 aromatic heterocycles. The predicted octanol–water partition coefficient (Wildman–Crippen LogP) is 2.83. The molecule has 0 saturated carbocycles. The van der Waals surface area contributed by atoms with Crippen LogP contribution < -0.4 is 0 Å². The number of hydrogen-bond donors (Lipinski definition) is 1. The Labute approximate surface area is 145 Å². The van der Waals surface area contributed by atoms with Crippen LogP contribution in [0.25, 0.3) is 10.9 Å². The van der Waals surface area contributed by atoms with E-state index in [1.165, 1.54) is 9.87 Å². The van der Waals surface area contributed by atoms with Crippen molar-refractivity contribution in [3.63, 3.8) is 0 Å². The number of hydrogen-bond acceptors (Lipinski definition) is 3. The Bertz CT molecular complexity index is 766. The summed E-state index contributed by atoms with van der Waals surface area (Å²) in [6.45, 7) is 3.62. The van der Waals surface area contributed by atoms with E-state index < -0.39 is 10.0 Å². The van der Waals surface area contributed by atoms with Crippen LogP contribution in [0.1, 0.15) is 30.9 Å². The van der Waals surface area contributed by atoms with Crippen molar-refractivity contribution < 1.29 is 8.42 Å². The Balaban J connectivity index is 2.19. The first-order chi connectivity index (χ1) is 11.3. The second-order valence-electron chi connectivity index (χ2n) is 6.68. The zero-order valence-electron chi connectivity index (χ0n) is 15.2. The minimum absolute atomic E-state index is 0.0570. The highest BCUT2D eigenvalue weighted by atomic mass is 32.2. The number of benzene rings is 1. The van der Waals surface area contributed by atoms with Crippen molar-refractivity contribution in [3.8, 4) is 0 Å². The molecule has 134 valence electrons. The highest BCUT2D eigenvalue weighted by Crippen LogP contribution is 2.22. The van der Waals surface area contributed by atoms with E-state index in [-0.39, 0.29) is 5.75 Å². The number of unbranched alkanes of at least 4 members (excludes halogenated alkanes) is 1. The lowest BCUT2D eigenvalue weighted by atomic mass is 10.1. The molecule has 2 rings (SSSR count). The molecule has 0 unspecified atom stereocenters. The van der Waals surface area contributed by atoms with Crippen LogP contribution in [0, 0.1) is 0 Å². The van der Waals surface area contributed by atoms with Gasteiger partial charge in [0.05, 0.1) is 5.75 Å². The Morgan fingerprint density at radius 3 is 2.54 bits per heavy atom. The third-order valence-corrected chi connectivity index (χ3v) is 6.14. The molecule has 0 aliphatic carbocycles. The number of aromatic amines is 1. The molecular weight excluding hydrogens is 322 g/mol. The summed E-state index contributed by atoms with van der Waals surface area (Å²) in [5.41, 5.74) is 3.14. The summed E-state index contributed by atoms with van der Waals surface area (Å²) in [7, 11) is 2.52. The van der Waals surface area contributed by atoms with Crippen molar-refractivity contribution in [2.24, 2.45) is 0 Å². The molecule has 0 amide bonds. The number of sulfonamides is 1. The van der Waals surface area contributed by atoms with Gasteiger partial charge in [0.1, 0.15) is 0 Å². The monoisotopic (exact) mass is 351 g/mol. The van der Waals surface area contributed by atoms with Crippen molar-refractivity contribution >= 4 is 20.9 Å². The fourth-order valence-electron chi connectivity index (χ4n) is 2.71. The smallest absolute Gasteiger partial charge is 0.218 e. The lowest BCUT2D eigenvalue weighted by Gasteiger charge is -2.16. The Hall–Kier alpha value is -1.37. The Kier molecular flexibility index (Phi) is 6.43. The van der Waals surface area contributed by atoms with E-state index in [0.717, 1.165) is 42.3 Å². The quantitative estimate of drug-likeness (QED) is 0.756. The molecule has 24 heavy (non-hydrogen) atoms. The zero-order chi connectivity index (χ0) is 17.7. The largest absolute Gasteiger partial charge is 0.361 e. The zero-order valence-corrected chi connectivity index (χ0v) is 16.0. The molecule has 6 heteroatoms. The van der Waals surface area contributed by atoms with Gasteiger partial charge in [0.25, 0.3) is 0 Å². The highest BCUT2D eigenvalue weighted by Gasteiger charge is 2.18. The standard InChI is InChI=1S/C18H29N3O2S/c1-5-6-10-21(4)24(22,23)14-15-7-8-18-17(12-15)16(13-19-18)9-11-20(2)3/h7-8,12-13,19H,5-6,9-11,14H2,1-4H3. The summed E-state index contributed by atoms with van der Waals surface area (Å²) in [5.74, 6) is 0.0570. The van der Waals surface area contributed by atoms with E-state index in [2.05, 4.69) is 30.9 Å². The lowest BCUT2D eigenvalue weighted by Crippen LogP contribution is -2.29. The summed E-state index contributed by atoms with van der Waals surface area (Å²) in [6, 6.07) is 5.90. The van der Waals surface area contributed by atoms with E-state index in [1.54, 1.807) is 7.05 Å². The molecule has 0 aliphatic rings. The van der Waals surface area contributed by atoms with E-state index in [1.807, 2.05) is 24.4 Å². The van der Waals surface area contributed by atoms with Crippen LogP contribution in [0.3, 0.4) is 0 Å². The van der Waals surface area contributed by atoms with Gasteiger partial charge in [-0.05, 0) is 50.2 Å². The minimum Gasteiger partial charge on any atom is -0.361 e. The third-order valence-electron chi connectivity index (χ3n) is 4.31. The summed E-state index contributed by atoms with van der Waals surface area (Å²) in [4.78, 5) is 5.42. The van der Waals surface area contributed by atoms with Crippen molar-refractivity contribution in [3.05, 3.63) is 35.5 Å². The molecule has 0 aliphatic heterocycles. The summed E-state index contributed by atoms with van der Waals surface area (Å²) in [5, 5.41) is 1.13. The van der Waals surface area contributed by atoms with Crippen LogP contribution >= 0.6 is 0 Å². The molecule has 0 spiro atoms. The Morgan fingerprint density at radius 2 is 1.88 bits per heavy atom. The molecule has 0 saturated heterocycles. The van der Waals surface area contributed by atoms with Gasteiger partial charge in [-0.1, -0.05) is 19.4 Å². The second kappa shape index (κ2) is 8.14.